The first-order chi connectivity index (χ1) is 8.33. The van der Waals surface area contributed by atoms with Gasteiger partial charge in [0.25, 0.3) is 0 Å². The average molecular weight is 251 g/mol. The van der Waals surface area contributed by atoms with Crippen LogP contribution in [0.2, 0.25) is 0 Å². The van der Waals surface area contributed by atoms with Gasteiger partial charge in [-0.05, 0) is 19.4 Å². The van der Waals surface area contributed by atoms with E-state index in [1.165, 1.54) is 11.0 Å². The summed E-state index contributed by atoms with van der Waals surface area (Å²) in [7, 11) is 0. The molecule has 0 aliphatic rings. The van der Waals surface area contributed by atoms with Gasteiger partial charge in [0, 0.05) is 23.4 Å². The molecule has 0 heterocycles. The summed E-state index contributed by atoms with van der Waals surface area (Å²) in [6.45, 7) is 11.3. The second kappa shape index (κ2) is 7.32. The molecule has 0 bridgehead atoms. The summed E-state index contributed by atoms with van der Waals surface area (Å²) in [4.78, 5) is 24.6. The lowest BCUT2D eigenvalue weighted by Crippen LogP contribution is -2.36. The molecular weight excluding hydrogens is 230 g/mol. The molecule has 0 aliphatic heterocycles. The van der Waals surface area contributed by atoms with E-state index < -0.39 is 5.91 Å². The molecule has 0 unspecified atom stereocenters. The van der Waals surface area contributed by atoms with Crippen molar-refractivity contribution in [2.45, 2.75) is 20.3 Å². The van der Waals surface area contributed by atoms with Crippen molar-refractivity contribution in [1.82, 2.24) is 4.90 Å². The number of hydrogen-bond acceptors (Lipinski definition) is 3. The molecule has 0 saturated carbocycles. The third-order valence-electron chi connectivity index (χ3n) is 2.41. The molecule has 0 radical (unpaired) electrons. The molecule has 18 heavy (non-hydrogen) atoms. The smallest absolute Gasteiger partial charge is 0.250 e. The number of primary amides is 1. The molecule has 5 heteroatoms. The van der Waals surface area contributed by atoms with Gasteiger partial charge < -0.3 is 16.4 Å². The van der Waals surface area contributed by atoms with Gasteiger partial charge in [0.1, 0.15) is 0 Å². The van der Waals surface area contributed by atoms with Crippen LogP contribution in [0.5, 0.6) is 0 Å². The first-order valence-electron chi connectivity index (χ1n) is 5.75. The van der Waals surface area contributed by atoms with Gasteiger partial charge in [0.2, 0.25) is 11.8 Å². The Kier molecular flexibility index (Phi) is 6.49. The highest BCUT2D eigenvalue weighted by atomic mass is 16.2. The van der Waals surface area contributed by atoms with Gasteiger partial charge in [0.05, 0.1) is 6.54 Å². The third kappa shape index (κ3) is 4.86. The summed E-state index contributed by atoms with van der Waals surface area (Å²) >= 11 is 0. The lowest BCUT2D eigenvalue weighted by molar-refractivity contribution is -0.126. The van der Waals surface area contributed by atoms with E-state index in [9.17, 15) is 9.59 Å². The molecule has 5 nitrogen and oxygen atoms in total. The third-order valence-corrected chi connectivity index (χ3v) is 2.41. The van der Waals surface area contributed by atoms with Crippen LogP contribution in [-0.2, 0) is 9.59 Å². The number of allylic oxidation sites excluding steroid dienone is 1. The standard InChI is InChI=1S/C13H21N3O2/c1-5-11(7-10(4)14)13(18)16(6-2)8-9(3)12(15)17/h7H,3-6,8,14H2,1-2H3,(H2,15,17)/b11-7+. The molecule has 0 rings (SSSR count). The van der Waals surface area contributed by atoms with Gasteiger partial charge >= 0.3 is 0 Å². The number of carbonyl (C=O) groups is 2. The maximum absolute atomic E-state index is 12.2. The summed E-state index contributed by atoms with van der Waals surface area (Å²) < 4.78 is 0. The summed E-state index contributed by atoms with van der Waals surface area (Å²) in [5.41, 5.74) is 11.6. The maximum Gasteiger partial charge on any atom is 0.250 e. The minimum atomic E-state index is -0.605. The number of nitrogens with two attached hydrogens (primary N) is 2. The second-order valence-electron chi connectivity index (χ2n) is 3.89. The number of likely N-dealkylation sites (N-methyl/N-ethyl adjacent to an activating group) is 1. The Morgan fingerprint density at radius 1 is 1.22 bits per heavy atom. The Bertz CT molecular complexity index is 397. The molecule has 0 atom stereocenters. The SMILES string of the molecule is C=C(N)/C=C(\CC)C(=O)N(CC)CC(=C)C(N)=O. The van der Waals surface area contributed by atoms with Crippen molar-refractivity contribution in [1.29, 1.82) is 0 Å². The monoisotopic (exact) mass is 251 g/mol. The van der Waals surface area contributed by atoms with E-state index in [4.69, 9.17) is 11.5 Å². The van der Waals surface area contributed by atoms with Crippen molar-refractivity contribution in [3.63, 3.8) is 0 Å². The summed E-state index contributed by atoms with van der Waals surface area (Å²) in [6, 6.07) is 0. The van der Waals surface area contributed by atoms with Crippen LogP contribution >= 0.6 is 0 Å². The van der Waals surface area contributed by atoms with Crippen molar-refractivity contribution in [2.24, 2.45) is 11.5 Å². The largest absolute Gasteiger partial charge is 0.399 e. The van der Waals surface area contributed by atoms with E-state index in [1.54, 1.807) is 0 Å². The van der Waals surface area contributed by atoms with Crippen molar-refractivity contribution in [3.8, 4) is 0 Å². The fourth-order valence-electron chi connectivity index (χ4n) is 1.38. The van der Waals surface area contributed by atoms with Crippen molar-refractivity contribution in [2.75, 3.05) is 13.1 Å². The van der Waals surface area contributed by atoms with Gasteiger partial charge in [-0.1, -0.05) is 20.1 Å². The predicted octanol–water partition coefficient (Wildman–Crippen LogP) is 0.685. The maximum atomic E-state index is 12.2. The zero-order valence-corrected chi connectivity index (χ0v) is 11.0. The van der Waals surface area contributed by atoms with E-state index in [2.05, 4.69) is 13.2 Å². The molecule has 4 N–H and O–H groups in total. The Morgan fingerprint density at radius 2 is 1.78 bits per heavy atom. The first kappa shape index (κ1) is 16.0. The van der Waals surface area contributed by atoms with Gasteiger partial charge in [0.15, 0.2) is 0 Å². The van der Waals surface area contributed by atoms with Crippen LogP contribution in [-0.4, -0.2) is 29.8 Å². The van der Waals surface area contributed by atoms with E-state index in [-0.39, 0.29) is 18.0 Å². The fraction of sp³-hybridized carbons (Fsp3) is 0.385. The zero-order chi connectivity index (χ0) is 14.3. The molecule has 0 aromatic heterocycles. The lowest BCUT2D eigenvalue weighted by Gasteiger charge is -2.22. The second-order valence-corrected chi connectivity index (χ2v) is 3.89. The summed E-state index contributed by atoms with van der Waals surface area (Å²) in [6.07, 6.45) is 2.08. The van der Waals surface area contributed by atoms with E-state index in [0.29, 0.717) is 24.2 Å². The van der Waals surface area contributed by atoms with Crippen LogP contribution in [0.1, 0.15) is 20.3 Å². The van der Waals surface area contributed by atoms with Crippen LogP contribution in [0, 0.1) is 0 Å². The zero-order valence-electron chi connectivity index (χ0n) is 11.0. The van der Waals surface area contributed by atoms with Crippen LogP contribution in [0.25, 0.3) is 0 Å². The minimum Gasteiger partial charge on any atom is -0.399 e. The van der Waals surface area contributed by atoms with Gasteiger partial charge in [-0.25, -0.2) is 0 Å². The number of rotatable bonds is 7. The quantitative estimate of drug-likeness (QED) is 0.515. The highest BCUT2D eigenvalue weighted by Gasteiger charge is 2.17. The lowest BCUT2D eigenvalue weighted by atomic mass is 10.1. The Hall–Kier alpha value is -2.04. The normalized spacial score (nSPS) is 10.9. The fourth-order valence-corrected chi connectivity index (χ4v) is 1.38. The number of hydrogen-bond donors (Lipinski definition) is 2. The molecule has 0 aliphatic carbocycles. The first-order valence-corrected chi connectivity index (χ1v) is 5.75. The van der Waals surface area contributed by atoms with Gasteiger partial charge in [-0.2, -0.15) is 0 Å². The van der Waals surface area contributed by atoms with Crippen LogP contribution in [0.15, 0.2) is 36.1 Å². The highest BCUT2D eigenvalue weighted by molar-refractivity contribution is 5.96. The van der Waals surface area contributed by atoms with Gasteiger partial charge in [-0.3, -0.25) is 9.59 Å². The molecular formula is C13H21N3O2. The highest BCUT2D eigenvalue weighted by Crippen LogP contribution is 2.09. The Morgan fingerprint density at radius 3 is 2.11 bits per heavy atom. The van der Waals surface area contributed by atoms with Crippen LogP contribution in [0.3, 0.4) is 0 Å². The Labute approximate surface area is 108 Å². The molecule has 0 aromatic carbocycles. The molecule has 0 saturated heterocycles. The summed E-state index contributed by atoms with van der Waals surface area (Å²) in [5.74, 6) is -0.791. The topological polar surface area (TPSA) is 89.4 Å². The summed E-state index contributed by atoms with van der Waals surface area (Å²) in [5, 5.41) is 0. The minimum absolute atomic E-state index is 0.124. The number of amides is 2. The molecule has 0 aromatic rings. The molecule has 0 spiro atoms. The van der Waals surface area contributed by atoms with E-state index in [0.717, 1.165) is 0 Å². The van der Waals surface area contributed by atoms with Crippen molar-refractivity contribution < 1.29 is 9.59 Å². The molecule has 0 fully saturated rings. The van der Waals surface area contributed by atoms with E-state index in [1.807, 2.05) is 13.8 Å². The van der Waals surface area contributed by atoms with Crippen LogP contribution in [0.4, 0.5) is 0 Å². The van der Waals surface area contributed by atoms with Crippen molar-refractivity contribution in [3.05, 3.63) is 36.1 Å². The van der Waals surface area contributed by atoms with Crippen molar-refractivity contribution >= 4 is 11.8 Å². The molecule has 100 valence electrons. The van der Waals surface area contributed by atoms with E-state index >= 15 is 0 Å². The van der Waals surface area contributed by atoms with Crippen LogP contribution < -0.4 is 11.5 Å². The van der Waals surface area contributed by atoms with Gasteiger partial charge in [-0.15, -0.1) is 0 Å². The number of nitrogens with zero attached hydrogens (tertiary/aromatic N) is 1. The number of carbonyl (C=O) groups excluding carboxylic acids is 2. The Balaban J connectivity index is 4.95. The average Bonchev–Trinajstić information content (AvgIpc) is 2.31. The predicted molar refractivity (Wildman–Crippen MR) is 72.3 cm³/mol. The molecule has 2 amide bonds.